The number of anilines is 1. The van der Waals surface area contributed by atoms with Gasteiger partial charge in [0.2, 0.25) is 5.88 Å². The van der Waals surface area contributed by atoms with Crippen LogP contribution in [0.1, 0.15) is 18.1 Å². The number of aromatic hydroxyl groups is 1. The van der Waals surface area contributed by atoms with E-state index in [-0.39, 0.29) is 11.1 Å². The number of benzene rings is 2. The zero-order valence-electron chi connectivity index (χ0n) is 16.6. The fourth-order valence-corrected chi connectivity index (χ4v) is 3.31. The molecular weight excluding hydrogens is 420 g/mol. The number of halogens is 1. The summed E-state index contributed by atoms with van der Waals surface area (Å²) in [6.45, 7) is 3.50. The van der Waals surface area contributed by atoms with Crippen molar-refractivity contribution >= 4 is 35.0 Å². The number of hydrogen-bond donors (Lipinski definition) is 2. The lowest BCUT2D eigenvalue weighted by molar-refractivity contribution is -0.114. The largest absolute Gasteiger partial charge is 0.494 e. The molecule has 2 heterocycles. The van der Waals surface area contributed by atoms with Crippen LogP contribution >= 0.6 is 11.6 Å². The van der Waals surface area contributed by atoms with Crippen LogP contribution in [-0.2, 0) is 4.79 Å². The number of hydrogen-bond acceptors (Lipinski definition) is 5. The van der Waals surface area contributed by atoms with Crippen molar-refractivity contribution in [3.63, 3.8) is 0 Å². The lowest BCUT2D eigenvalue weighted by Crippen LogP contribution is -2.30. The van der Waals surface area contributed by atoms with Crippen LogP contribution in [0.3, 0.4) is 0 Å². The smallest absolute Gasteiger partial charge is 0.335 e. The summed E-state index contributed by atoms with van der Waals surface area (Å²) in [6, 6.07) is 13.4. The van der Waals surface area contributed by atoms with Crippen LogP contribution in [0.15, 0.2) is 68.8 Å². The number of nitrogens with one attached hydrogen (secondary N) is 1. The Bertz CT molecular complexity index is 1370. The first kappa shape index (κ1) is 20.4. The van der Waals surface area contributed by atoms with Crippen molar-refractivity contribution in [2.75, 3.05) is 5.01 Å². The molecule has 1 aliphatic rings. The average Bonchev–Trinajstić information content (AvgIpc) is 3.01. The van der Waals surface area contributed by atoms with E-state index in [0.717, 1.165) is 10.1 Å². The zero-order valence-corrected chi connectivity index (χ0v) is 17.3. The summed E-state index contributed by atoms with van der Waals surface area (Å²) in [4.78, 5) is 39.9. The van der Waals surface area contributed by atoms with Gasteiger partial charge in [0.05, 0.1) is 22.7 Å². The maximum Gasteiger partial charge on any atom is 0.335 e. The van der Waals surface area contributed by atoms with E-state index < -0.39 is 23.0 Å². The van der Waals surface area contributed by atoms with Gasteiger partial charge in [-0.1, -0.05) is 29.3 Å². The maximum absolute atomic E-state index is 12.9. The Hall–Kier alpha value is -3.91. The molecule has 0 spiro atoms. The number of carbonyl (C=O) groups excluding carboxylic acids is 1. The molecule has 0 saturated carbocycles. The van der Waals surface area contributed by atoms with E-state index in [2.05, 4.69) is 10.1 Å². The number of carbonyl (C=O) groups is 1. The van der Waals surface area contributed by atoms with Crippen LogP contribution in [0.4, 0.5) is 5.69 Å². The second-order valence-electron chi connectivity index (χ2n) is 7.00. The Morgan fingerprint density at radius 2 is 1.58 bits per heavy atom. The van der Waals surface area contributed by atoms with Crippen LogP contribution in [0, 0.1) is 6.92 Å². The highest BCUT2D eigenvalue weighted by molar-refractivity contribution is 6.32. The summed E-state index contributed by atoms with van der Waals surface area (Å²) in [5.74, 6) is -1.05. The van der Waals surface area contributed by atoms with Gasteiger partial charge in [0.15, 0.2) is 0 Å². The molecule has 8 nitrogen and oxygen atoms in total. The predicted molar refractivity (Wildman–Crippen MR) is 119 cm³/mol. The van der Waals surface area contributed by atoms with Crippen LogP contribution in [0.25, 0.3) is 11.8 Å². The third kappa shape index (κ3) is 3.69. The van der Waals surface area contributed by atoms with Gasteiger partial charge < -0.3 is 5.11 Å². The minimum Gasteiger partial charge on any atom is -0.494 e. The van der Waals surface area contributed by atoms with Crippen LogP contribution < -0.4 is 16.3 Å². The molecule has 3 aromatic rings. The summed E-state index contributed by atoms with van der Waals surface area (Å²) >= 11 is 5.90. The van der Waals surface area contributed by atoms with Gasteiger partial charge in [0.25, 0.3) is 11.5 Å². The lowest BCUT2D eigenvalue weighted by Gasteiger charge is -2.12. The summed E-state index contributed by atoms with van der Waals surface area (Å²) in [5.41, 5.74) is 0.472. The number of hydrazone groups is 1. The van der Waals surface area contributed by atoms with E-state index in [1.54, 1.807) is 55.5 Å². The van der Waals surface area contributed by atoms with Gasteiger partial charge in [-0.25, -0.2) is 9.36 Å². The van der Waals surface area contributed by atoms with Crippen LogP contribution in [-0.4, -0.2) is 26.3 Å². The minimum atomic E-state index is -0.816. The fourth-order valence-electron chi connectivity index (χ4n) is 3.19. The zero-order chi connectivity index (χ0) is 22.3. The molecule has 1 aromatic heterocycles. The lowest BCUT2D eigenvalue weighted by atomic mass is 10.1. The normalized spacial score (nSPS) is 14.9. The molecule has 31 heavy (non-hydrogen) atoms. The Morgan fingerprint density at radius 1 is 0.968 bits per heavy atom. The molecule has 2 aromatic carbocycles. The monoisotopic (exact) mass is 436 g/mol. The highest BCUT2D eigenvalue weighted by atomic mass is 35.5. The SMILES string of the molecule is CC1=NN(c2ccc(Cl)cc2)C(=O)C1=Cc1c(O)n(-c2ccc(C)cc2)c(=O)[nH]c1=O. The molecule has 4 rings (SSSR count). The molecule has 156 valence electrons. The maximum atomic E-state index is 12.9. The van der Waals surface area contributed by atoms with Crippen molar-refractivity contribution in [1.29, 1.82) is 0 Å². The number of aromatic nitrogens is 2. The predicted octanol–water partition coefficient (Wildman–Crippen LogP) is 3.00. The number of amides is 1. The first-order chi connectivity index (χ1) is 14.8. The van der Waals surface area contributed by atoms with Gasteiger partial charge in [-0.2, -0.15) is 10.1 Å². The van der Waals surface area contributed by atoms with E-state index in [0.29, 0.717) is 22.1 Å². The Labute approximate surface area is 181 Å². The summed E-state index contributed by atoms with van der Waals surface area (Å²) in [7, 11) is 0. The Morgan fingerprint density at radius 3 is 2.23 bits per heavy atom. The first-order valence-electron chi connectivity index (χ1n) is 9.29. The molecule has 0 atom stereocenters. The number of rotatable bonds is 3. The molecule has 1 amide bonds. The van der Waals surface area contributed by atoms with E-state index in [9.17, 15) is 19.5 Å². The number of aromatic amines is 1. The highest BCUT2D eigenvalue weighted by Gasteiger charge is 2.29. The standard InChI is InChI=1S/C22H17ClN4O4/c1-12-3-7-15(8-4-12)26-20(29)18(19(28)24-22(26)31)11-17-13(2)25-27(21(17)30)16-9-5-14(23)6-10-16/h3-11,29H,1-2H3,(H,24,28,31). The summed E-state index contributed by atoms with van der Waals surface area (Å²) in [6.07, 6.45) is 1.23. The molecule has 2 N–H and O–H groups in total. The second-order valence-corrected chi connectivity index (χ2v) is 7.44. The van der Waals surface area contributed by atoms with Crippen LogP contribution in [0.5, 0.6) is 5.88 Å². The van der Waals surface area contributed by atoms with Crippen molar-refractivity contribution < 1.29 is 9.90 Å². The van der Waals surface area contributed by atoms with E-state index in [1.165, 1.54) is 11.1 Å². The van der Waals surface area contributed by atoms with Gasteiger partial charge in [0.1, 0.15) is 5.56 Å². The molecule has 1 aliphatic heterocycles. The molecule has 0 fully saturated rings. The molecule has 9 heteroatoms. The molecule has 0 saturated heterocycles. The van der Waals surface area contributed by atoms with Crippen molar-refractivity contribution in [2.45, 2.75) is 13.8 Å². The highest BCUT2D eigenvalue weighted by Crippen LogP contribution is 2.27. The van der Waals surface area contributed by atoms with E-state index in [1.807, 2.05) is 6.92 Å². The third-order valence-electron chi connectivity index (χ3n) is 4.84. The van der Waals surface area contributed by atoms with Crippen molar-refractivity contribution in [3.8, 4) is 11.6 Å². The summed E-state index contributed by atoms with van der Waals surface area (Å²) < 4.78 is 0.968. The first-order valence-corrected chi connectivity index (χ1v) is 9.66. The Balaban J connectivity index is 1.81. The van der Waals surface area contributed by atoms with Gasteiger partial charge in [-0.05, 0) is 56.3 Å². The fraction of sp³-hybridized carbons (Fsp3) is 0.0909. The van der Waals surface area contributed by atoms with Crippen molar-refractivity contribution in [2.24, 2.45) is 5.10 Å². The Kier molecular flexibility index (Phi) is 5.08. The molecule has 0 bridgehead atoms. The average molecular weight is 437 g/mol. The van der Waals surface area contributed by atoms with Gasteiger partial charge in [0, 0.05) is 5.02 Å². The van der Waals surface area contributed by atoms with E-state index >= 15 is 0 Å². The van der Waals surface area contributed by atoms with Gasteiger partial charge in [-0.15, -0.1) is 0 Å². The topological polar surface area (TPSA) is 108 Å². The summed E-state index contributed by atoms with van der Waals surface area (Å²) in [5, 5.41) is 16.7. The van der Waals surface area contributed by atoms with Gasteiger partial charge >= 0.3 is 5.69 Å². The number of nitrogens with zero attached hydrogens (tertiary/aromatic N) is 3. The van der Waals surface area contributed by atoms with E-state index in [4.69, 9.17) is 11.6 Å². The third-order valence-corrected chi connectivity index (χ3v) is 5.09. The molecule has 0 aliphatic carbocycles. The van der Waals surface area contributed by atoms with Gasteiger partial charge in [-0.3, -0.25) is 14.6 Å². The number of H-pyrrole nitrogens is 1. The van der Waals surface area contributed by atoms with Crippen molar-refractivity contribution in [1.82, 2.24) is 9.55 Å². The molecule has 0 unspecified atom stereocenters. The second kappa shape index (κ2) is 7.73. The number of aryl methyl sites for hydroxylation is 1. The molecular formula is C22H17ClN4O4. The molecule has 0 radical (unpaired) electrons. The quantitative estimate of drug-likeness (QED) is 0.615. The minimum absolute atomic E-state index is 0.116. The van der Waals surface area contributed by atoms with Crippen molar-refractivity contribution in [3.05, 3.63) is 91.1 Å². The van der Waals surface area contributed by atoms with Crippen LogP contribution in [0.2, 0.25) is 5.02 Å².